The number of aromatic nitrogens is 1. The van der Waals surface area contributed by atoms with Gasteiger partial charge in [-0.05, 0) is 30.9 Å². The molecular formula is C14H21N3O. The Bertz CT molecular complexity index is 411. The third-order valence-electron chi connectivity index (χ3n) is 3.49. The highest BCUT2D eigenvalue weighted by molar-refractivity contribution is 5.94. The van der Waals surface area contributed by atoms with Crippen molar-refractivity contribution < 1.29 is 4.79 Å². The molecule has 0 spiro atoms. The number of anilines is 1. The molecule has 1 aliphatic carbocycles. The van der Waals surface area contributed by atoms with E-state index in [-0.39, 0.29) is 5.91 Å². The lowest BCUT2D eigenvalue weighted by molar-refractivity contribution is 0.0947. The van der Waals surface area contributed by atoms with E-state index in [0.29, 0.717) is 11.5 Å². The van der Waals surface area contributed by atoms with Gasteiger partial charge in [-0.25, -0.2) is 4.98 Å². The maximum atomic E-state index is 12.0. The molecule has 0 saturated heterocycles. The lowest BCUT2D eigenvalue weighted by Crippen LogP contribution is -2.28. The van der Waals surface area contributed by atoms with Crippen molar-refractivity contribution in [2.75, 3.05) is 25.5 Å². The predicted molar refractivity (Wildman–Crippen MR) is 72.9 cm³/mol. The summed E-state index contributed by atoms with van der Waals surface area (Å²) in [6.45, 7) is 0.804. The summed E-state index contributed by atoms with van der Waals surface area (Å²) in [5.41, 5.74) is 0.687. The van der Waals surface area contributed by atoms with Crippen molar-refractivity contribution in [1.82, 2.24) is 10.3 Å². The van der Waals surface area contributed by atoms with Crippen LogP contribution < -0.4 is 10.2 Å². The van der Waals surface area contributed by atoms with Crippen molar-refractivity contribution in [1.29, 1.82) is 0 Å². The topological polar surface area (TPSA) is 45.2 Å². The van der Waals surface area contributed by atoms with Gasteiger partial charge in [-0.1, -0.05) is 12.8 Å². The summed E-state index contributed by atoms with van der Waals surface area (Å²) in [5.74, 6) is 1.49. The average molecular weight is 247 g/mol. The van der Waals surface area contributed by atoms with Gasteiger partial charge in [0.05, 0.1) is 0 Å². The van der Waals surface area contributed by atoms with Crippen LogP contribution in [0.4, 0.5) is 5.82 Å². The van der Waals surface area contributed by atoms with E-state index in [1.165, 1.54) is 25.7 Å². The molecule has 1 aliphatic rings. The van der Waals surface area contributed by atoms with Gasteiger partial charge in [0, 0.05) is 32.4 Å². The first kappa shape index (κ1) is 12.9. The SMILES string of the molecule is CN(C)c1cc(C(=O)NCC2CCCC2)ccn1. The summed E-state index contributed by atoms with van der Waals surface area (Å²) < 4.78 is 0. The van der Waals surface area contributed by atoms with E-state index >= 15 is 0 Å². The van der Waals surface area contributed by atoms with Gasteiger partial charge in [0.1, 0.15) is 5.82 Å². The minimum Gasteiger partial charge on any atom is -0.363 e. The normalized spacial score (nSPS) is 15.7. The molecule has 0 unspecified atom stereocenters. The zero-order chi connectivity index (χ0) is 13.0. The molecule has 0 aromatic carbocycles. The van der Waals surface area contributed by atoms with Crippen molar-refractivity contribution >= 4 is 11.7 Å². The molecule has 1 heterocycles. The fourth-order valence-corrected chi connectivity index (χ4v) is 2.36. The fourth-order valence-electron chi connectivity index (χ4n) is 2.36. The van der Waals surface area contributed by atoms with Crippen LogP contribution in [-0.4, -0.2) is 31.5 Å². The maximum absolute atomic E-state index is 12.0. The molecule has 18 heavy (non-hydrogen) atoms. The molecule has 0 radical (unpaired) electrons. The van der Waals surface area contributed by atoms with Crippen LogP contribution in [0.25, 0.3) is 0 Å². The summed E-state index contributed by atoms with van der Waals surface area (Å²) >= 11 is 0. The lowest BCUT2D eigenvalue weighted by Gasteiger charge is -2.13. The highest BCUT2D eigenvalue weighted by atomic mass is 16.1. The Hall–Kier alpha value is -1.58. The van der Waals surface area contributed by atoms with Crippen LogP contribution in [-0.2, 0) is 0 Å². The Balaban J connectivity index is 1.93. The van der Waals surface area contributed by atoms with Crippen LogP contribution in [0.1, 0.15) is 36.0 Å². The number of amides is 1. The molecule has 1 aromatic rings. The van der Waals surface area contributed by atoms with Gasteiger partial charge in [-0.3, -0.25) is 4.79 Å². The zero-order valence-electron chi connectivity index (χ0n) is 11.1. The summed E-state index contributed by atoms with van der Waals surface area (Å²) in [6.07, 6.45) is 6.79. The third kappa shape index (κ3) is 3.22. The third-order valence-corrected chi connectivity index (χ3v) is 3.49. The second-order valence-corrected chi connectivity index (χ2v) is 5.16. The van der Waals surface area contributed by atoms with Gasteiger partial charge in [0.2, 0.25) is 0 Å². The lowest BCUT2D eigenvalue weighted by atomic mass is 10.1. The molecule has 1 N–H and O–H groups in total. The minimum atomic E-state index is 0.00685. The maximum Gasteiger partial charge on any atom is 0.251 e. The van der Waals surface area contributed by atoms with E-state index in [0.717, 1.165) is 12.4 Å². The summed E-state index contributed by atoms with van der Waals surface area (Å²) in [4.78, 5) is 18.1. The van der Waals surface area contributed by atoms with Crippen LogP contribution in [0.15, 0.2) is 18.3 Å². The molecule has 1 aromatic heterocycles. The Morgan fingerprint density at radius 3 is 2.83 bits per heavy atom. The van der Waals surface area contributed by atoms with Crippen molar-refractivity contribution in [2.45, 2.75) is 25.7 Å². The number of carbonyl (C=O) groups excluding carboxylic acids is 1. The Morgan fingerprint density at radius 2 is 2.17 bits per heavy atom. The van der Waals surface area contributed by atoms with Crippen molar-refractivity contribution in [3.8, 4) is 0 Å². The van der Waals surface area contributed by atoms with Gasteiger partial charge in [-0.2, -0.15) is 0 Å². The van der Waals surface area contributed by atoms with E-state index in [1.807, 2.05) is 25.1 Å². The van der Waals surface area contributed by atoms with Crippen LogP contribution >= 0.6 is 0 Å². The first-order chi connectivity index (χ1) is 8.66. The second kappa shape index (κ2) is 5.85. The first-order valence-electron chi connectivity index (χ1n) is 6.58. The van der Waals surface area contributed by atoms with Crippen molar-refractivity contribution in [3.05, 3.63) is 23.9 Å². The first-order valence-corrected chi connectivity index (χ1v) is 6.58. The predicted octanol–water partition coefficient (Wildman–Crippen LogP) is 2.07. The molecule has 1 amide bonds. The molecule has 0 atom stereocenters. The van der Waals surface area contributed by atoms with E-state index in [9.17, 15) is 4.79 Å². The van der Waals surface area contributed by atoms with Gasteiger partial charge in [-0.15, -0.1) is 0 Å². The van der Waals surface area contributed by atoms with Crippen molar-refractivity contribution in [3.63, 3.8) is 0 Å². The number of hydrogen-bond donors (Lipinski definition) is 1. The molecule has 1 saturated carbocycles. The molecule has 0 aliphatic heterocycles. The van der Waals surface area contributed by atoms with Crippen LogP contribution in [0.3, 0.4) is 0 Å². The molecule has 4 nitrogen and oxygen atoms in total. The highest BCUT2D eigenvalue weighted by Gasteiger charge is 2.16. The van der Waals surface area contributed by atoms with E-state index in [4.69, 9.17) is 0 Å². The zero-order valence-corrected chi connectivity index (χ0v) is 11.1. The molecule has 0 bridgehead atoms. The Kier molecular flexibility index (Phi) is 4.18. The molecule has 98 valence electrons. The smallest absolute Gasteiger partial charge is 0.251 e. The van der Waals surface area contributed by atoms with E-state index in [1.54, 1.807) is 12.3 Å². The fraction of sp³-hybridized carbons (Fsp3) is 0.571. The molecule has 4 heteroatoms. The van der Waals surface area contributed by atoms with Gasteiger partial charge in [0.25, 0.3) is 5.91 Å². The quantitative estimate of drug-likeness (QED) is 0.886. The monoisotopic (exact) mass is 247 g/mol. The number of nitrogens with zero attached hydrogens (tertiary/aromatic N) is 2. The minimum absolute atomic E-state index is 0.00685. The number of hydrogen-bond acceptors (Lipinski definition) is 3. The molecule has 2 rings (SSSR count). The summed E-state index contributed by atoms with van der Waals surface area (Å²) in [6, 6.07) is 3.58. The number of rotatable bonds is 4. The van der Waals surface area contributed by atoms with Gasteiger partial charge >= 0.3 is 0 Å². The van der Waals surface area contributed by atoms with E-state index in [2.05, 4.69) is 10.3 Å². The van der Waals surface area contributed by atoms with E-state index < -0.39 is 0 Å². The number of nitrogens with one attached hydrogen (secondary N) is 1. The number of carbonyl (C=O) groups is 1. The van der Waals surface area contributed by atoms with Crippen LogP contribution in [0, 0.1) is 5.92 Å². The van der Waals surface area contributed by atoms with Crippen LogP contribution in [0.2, 0.25) is 0 Å². The van der Waals surface area contributed by atoms with Crippen molar-refractivity contribution in [2.24, 2.45) is 5.92 Å². The molecular weight excluding hydrogens is 226 g/mol. The Morgan fingerprint density at radius 1 is 1.44 bits per heavy atom. The highest BCUT2D eigenvalue weighted by Crippen LogP contribution is 2.23. The second-order valence-electron chi connectivity index (χ2n) is 5.16. The average Bonchev–Trinajstić information content (AvgIpc) is 2.89. The number of pyridine rings is 1. The van der Waals surface area contributed by atoms with Gasteiger partial charge < -0.3 is 10.2 Å². The summed E-state index contributed by atoms with van der Waals surface area (Å²) in [7, 11) is 3.84. The Labute approximate surface area is 108 Å². The summed E-state index contributed by atoms with van der Waals surface area (Å²) in [5, 5.41) is 3.02. The molecule has 1 fully saturated rings. The van der Waals surface area contributed by atoms with Crippen LogP contribution in [0.5, 0.6) is 0 Å². The standard InChI is InChI=1S/C14H21N3O/c1-17(2)13-9-12(7-8-15-13)14(18)16-10-11-5-3-4-6-11/h7-9,11H,3-6,10H2,1-2H3,(H,16,18). The largest absolute Gasteiger partial charge is 0.363 e. The van der Waals surface area contributed by atoms with Gasteiger partial charge in [0.15, 0.2) is 0 Å².